The van der Waals surface area contributed by atoms with Crippen LogP contribution in [0.4, 0.5) is 0 Å². The minimum Gasteiger partial charge on any atom is -0.387 e. The lowest BCUT2D eigenvalue weighted by Crippen LogP contribution is -2.38. The average Bonchev–Trinajstić information content (AvgIpc) is 2.63. The lowest BCUT2D eigenvalue weighted by molar-refractivity contribution is -0.117. The van der Waals surface area contributed by atoms with E-state index >= 15 is 0 Å². The third-order valence-electron chi connectivity index (χ3n) is 2.53. The molecule has 1 aliphatic heterocycles. The van der Waals surface area contributed by atoms with E-state index in [-0.39, 0.29) is 12.4 Å². The molecule has 1 aliphatic rings. The van der Waals surface area contributed by atoms with Gasteiger partial charge >= 0.3 is 8.25 Å². The number of hydrogen-bond acceptors (Lipinski definition) is 8. The van der Waals surface area contributed by atoms with Crippen molar-refractivity contribution in [3.05, 3.63) is 12.3 Å². The van der Waals surface area contributed by atoms with Gasteiger partial charge in [0.1, 0.15) is 30.8 Å². The van der Waals surface area contributed by atoms with Crippen molar-refractivity contribution in [2.45, 2.75) is 31.5 Å². The summed E-state index contributed by atoms with van der Waals surface area (Å²) >= 11 is 0. The Bertz CT molecular complexity index is 444. The first-order valence-electron chi connectivity index (χ1n) is 5.90. The number of hydrogen-bond donors (Lipinski definition) is 6. The minimum atomic E-state index is -2.82. The summed E-state index contributed by atoms with van der Waals surface area (Å²) in [7, 11) is -2.82. The number of amides is 1. The number of rotatable bonds is 6. The molecule has 6 N–H and O–H groups in total. The molecule has 1 fully saturated rings. The van der Waals surface area contributed by atoms with Crippen LogP contribution in [0.25, 0.3) is 0 Å². The maximum absolute atomic E-state index is 10.7. The molecule has 1 rings (SSSR count). The number of amidine groups is 1. The molecular weight excluding hydrogens is 305 g/mol. The van der Waals surface area contributed by atoms with E-state index in [2.05, 4.69) is 15.2 Å². The van der Waals surface area contributed by atoms with Gasteiger partial charge in [-0.2, -0.15) is 0 Å². The van der Waals surface area contributed by atoms with Gasteiger partial charge in [0.25, 0.3) is 0 Å². The second-order valence-corrected chi connectivity index (χ2v) is 4.94. The van der Waals surface area contributed by atoms with Gasteiger partial charge in [0, 0.05) is 17.7 Å². The SMILES string of the molecule is CC(=O)NC(=N)/C=C\N[C@@H]1OC(CO[P+](=O)O)[C@@H](O)[C@H]1O. The highest BCUT2D eigenvalue weighted by molar-refractivity contribution is 7.32. The van der Waals surface area contributed by atoms with Crippen LogP contribution in [0, 0.1) is 5.41 Å². The molecule has 0 bridgehead atoms. The fourth-order valence-corrected chi connectivity index (χ4v) is 1.89. The van der Waals surface area contributed by atoms with Gasteiger partial charge in [-0.05, 0) is 6.08 Å². The summed E-state index contributed by atoms with van der Waals surface area (Å²) in [5.74, 6) is -0.562. The van der Waals surface area contributed by atoms with Gasteiger partial charge in [-0.15, -0.1) is 9.42 Å². The number of aliphatic hydroxyl groups excluding tert-OH is 2. The van der Waals surface area contributed by atoms with Crippen LogP contribution < -0.4 is 10.6 Å². The quantitative estimate of drug-likeness (QED) is 0.192. The van der Waals surface area contributed by atoms with Crippen LogP contribution in [0.5, 0.6) is 0 Å². The van der Waals surface area contributed by atoms with Crippen molar-refractivity contribution in [1.82, 2.24) is 10.6 Å². The Morgan fingerprint density at radius 2 is 2.14 bits per heavy atom. The van der Waals surface area contributed by atoms with Crippen LogP contribution in [0.2, 0.25) is 0 Å². The Morgan fingerprint density at radius 1 is 1.48 bits per heavy atom. The first-order valence-corrected chi connectivity index (χ1v) is 7.03. The zero-order chi connectivity index (χ0) is 16.0. The summed E-state index contributed by atoms with van der Waals surface area (Å²) in [6.07, 6.45) is -2.04. The molecular formula is C10H17N3O7P+. The van der Waals surface area contributed by atoms with Crippen LogP contribution in [0.15, 0.2) is 12.3 Å². The highest BCUT2D eigenvalue weighted by Crippen LogP contribution is 2.23. The fourth-order valence-electron chi connectivity index (χ4n) is 1.62. The van der Waals surface area contributed by atoms with Gasteiger partial charge in [-0.1, -0.05) is 0 Å². The molecule has 11 heteroatoms. The van der Waals surface area contributed by atoms with Crippen LogP contribution in [0.3, 0.4) is 0 Å². The summed E-state index contributed by atoms with van der Waals surface area (Å²) in [6.45, 7) is 0.903. The van der Waals surface area contributed by atoms with Crippen molar-refractivity contribution in [3.63, 3.8) is 0 Å². The van der Waals surface area contributed by atoms with Crippen molar-refractivity contribution in [3.8, 4) is 0 Å². The zero-order valence-corrected chi connectivity index (χ0v) is 12.0. The predicted molar refractivity (Wildman–Crippen MR) is 70.3 cm³/mol. The molecule has 118 valence electrons. The van der Waals surface area contributed by atoms with Crippen molar-refractivity contribution in [2.24, 2.45) is 0 Å². The molecule has 10 nitrogen and oxygen atoms in total. The van der Waals surface area contributed by atoms with Crippen LogP contribution in [-0.2, 0) is 18.6 Å². The monoisotopic (exact) mass is 322 g/mol. The van der Waals surface area contributed by atoms with Gasteiger partial charge in [-0.25, -0.2) is 0 Å². The standard InChI is InChI=1S/C10H16N3O7P/c1-5(14)13-7(11)2-3-12-10-9(16)8(15)6(20-10)4-19-21(17)18/h2-3,6,8-10,15-16H,4H2,1H3,(H3-,11,12,13,14,17,18)/p+1/t6?,8-,9-,10-/m1/s1. The number of carbonyl (C=O) groups excluding carboxylic acids is 1. The third kappa shape index (κ3) is 5.84. The molecule has 5 atom stereocenters. The highest BCUT2D eigenvalue weighted by Gasteiger charge is 2.43. The highest BCUT2D eigenvalue weighted by atomic mass is 31.1. The Hall–Kier alpha value is -1.42. The number of nitrogens with one attached hydrogen (secondary N) is 3. The molecule has 0 aromatic heterocycles. The molecule has 21 heavy (non-hydrogen) atoms. The van der Waals surface area contributed by atoms with Gasteiger partial charge in [0.15, 0.2) is 6.23 Å². The summed E-state index contributed by atoms with van der Waals surface area (Å²) in [5.41, 5.74) is 0. The van der Waals surface area contributed by atoms with E-state index in [0.29, 0.717) is 0 Å². The Kier molecular flexibility index (Phi) is 6.82. The molecule has 1 heterocycles. The van der Waals surface area contributed by atoms with E-state index in [0.717, 1.165) is 0 Å². The van der Waals surface area contributed by atoms with Gasteiger partial charge in [0.2, 0.25) is 5.91 Å². The summed E-state index contributed by atoms with van der Waals surface area (Å²) in [5, 5.41) is 31.5. The van der Waals surface area contributed by atoms with E-state index in [1.165, 1.54) is 19.2 Å². The normalized spacial score (nSPS) is 29.4. The lowest BCUT2D eigenvalue weighted by atomic mass is 10.1. The molecule has 0 aromatic carbocycles. The van der Waals surface area contributed by atoms with Gasteiger partial charge in [-0.3, -0.25) is 10.2 Å². The Morgan fingerprint density at radius 3 is 2.71 bits per heavy atom. The van der Waals surface area contributed by atoms with Crippen molar-refractivity contribution >= 4 is 20.0 Å². The van der Waals surface area contributed by atoms with E-state index in [9.17, 15) is 19.6 Å². The van der Waals surface area contributed by atoms with E-state index < -0.39 is 38.7 Å². The maximum Gasteiger partial charge on any atom is 0.694 e. The second kappa shape index (κ2) is 8.13. The van der Waals surface area contributed by atoms with Crippen LogP contribution in [0.1, 0.15) is 6.92 Å². The molecule has 1 saturated heterocycles. The Labute approximate surface area is 121 Å². The predicted octanol–water partition coefficient (Wildman–Crippen LogP) is -1.68. The molecule has 0 aromatic rings. The summed E-state index contributed by atoms with van der Waals surface area (Å²) in [4.78, 5) is 19.2. The second-order valence-electron chi connectivity index (χ2n) is 4.20. The molecule has 0 saturated carbocycles. The lowest BCUT2D eigenvalue weighted by Gasteiger charge is -2.14. The summed E-state index contributed by atoms with van der Waals surface area (Å²) in [6, 6.07) is 0. The average molecular weight is 322 g/mol. The first kappa shape index (κ1) is 17.6. The van der Waals surface area contributed by atoms with Crippen molar-refractivity contribution in [1.29, 1.82) is 5.41 Å². The van der Waals surface area contributed by atoms with E-state index in [1.807, 2.05) is 0 Å². The molecule has 0 spiro atoms. The molecule has 1 amide bonds. The smallest absolute Gasteiger partial charge is 0.387 e. The molecule has 0 aliphatic carbocycles. The first-order chi connectivity index (χ1) is 9.81. The van der Waals surface area contributed by atoms with Crippen molar-refractivity contribution in [2.75, 3.05) is 6.61 Å². The third-order valence-corrected chi connectivity index (χ3v) is 2.90. The summed E-state index contributed by atoms with van der Waals surface area (Å²) < 4.78 is 20.0. The maximum atomic E-state index is 10.7. The van der Waals surface area contributed by atoms with Gasteiger partial charge < -0.3 is 25.6 Å². The van der Waals surface area contributed by atoms with Crippen molar-refractivity contribution < 1.29 is 33.7 Å². The largest absolute Gasteiger partial charge is 0.694 e. The Balaban J connectivity index is 2.45. The van der Waals surface area contributed by atoms with E-state index in [1.54, 1.807) is 0 Å². The minimum absolute atomic E-state index is 0.166. The van der Waals surface area contributed by atoms with Crippen LogP contribution >= 0.6 is 8.25 Å². The number of ether oxygens (including phenoxy) is 1. The van der Waals surface area contributed by atoms with Gasteiger partial charge in [0.05, 0.1) is 0 Å². The molecule has 2 unspecified atom stereocenters. The number of aliphatic hydroxyl groups is 2. The zero-order valence-electron chi connectivity index (χ0n) is 11.1. The van der Waals surface area contributed by atoms with Crippen LogP contribution in [-0.4, -0.2) is 58.0 Å². The molecule has 0 radical (unpaired) electrons. The van der Waals surface area contributed by atoms with E-state index in [4.69, 9.17) is 15.0 Å². The topological polar surface area (TPSA) is 161 Å². The number of carbonyl (C=O) groups is 1. The fraction of sp³-hybridized carbons (Fsp3) is 0.600.